The molecule has 21 heavy (non-hydrogen) atoms. The number of hydrogen-bond acceptors (Lipinski definition) is 2. The second kappa shape index (κ2) is 4.96. The quantitative estimate of drug-likeness (QED) is 0.874. The highest BCUT2D eigenvalue weighted by atomic mass is 16.5. The van der Waals surface area contributed by atoms with Gasteiger partial charge in [0.25, 0.3) is 0 Å². The van der Waals surface area contributed by atoms with Crippen molar-refractivity contribution in [2.24, 2.45) is 0 Å². The number of rotatable bonds is 2. The van der Waals surface area contributed by atoms with Gasteiger partial charge in [-0.1, -0.05) is 37.3 Å². The van der Waals surface area contributed by atoms with Crippen LogP contribution in [0, 0.1) is 0 Å². The molecule has 0 unspecified atom stereocenters. The smallest absolute Gasteiger partial charge is 0.132 e. The highest BCUT2D eigenvalue weighted by Gasteiger charge is 2.28. The van der Waals surface area contributed by atoms with Gasteiger partial charge in [-0.3, -0.25) is 0 Å². The Labute approximate surface area is 125 Å². The highest BCUT2D eigenvalue weighted by molar-refractivity contribution is 5.85. The highest BCUT2D eigenvalue weighted by Crippen LogP contribution is 2.42. The number of ether oxygens (including phenoxy) is 1. The van der Waals surface area contributed by atoms with Gasteiger partial charge in [0.1, 0.15) is 17.1 Å². The number of benzene rings is 2. The van der Waals surface area contributed by atoms with Crippen LogP contribution in [0.5, 0.6) is 11.5 Å². The van der Waals surface area contributed by atoms with E-state index in [0.29, 0.717) is 5.75 Å². The predicted molar refractivity (Wildman–Crippen MR) is 85.7 cm³/mol. The van der Waals surface area contributed by atoms with Crippen LogP contribution in [0.1, 0.15) is 37.5 Å². The van der Waals surface area contributed by atoms with Gasteiger partial charge in [0, 0.05) is 11.6 Å². The van der Waals surface area contributed by atoms with Crippen molar-refractivity contribution in [2.75, 3.05) is 0 Å². The van der Waals surface area contributed by atoms with Crippen LogP contribution in [0.2, 0.25) is 0 Å². The van der Waals surface area contributed by atoms with E-state index in [0.717, 1.165) is 28.9 Å². The molecule has 0 amide bonds. The van der Waals surface area contributed by atoms with Crippen LogP contribution in [-0.4, -0.2) is 10.7 Å². The third kappa shape index (κ3) is 2.54. The zero-order chi connectivity index (χ0) is 15.0. The molecule has 2 nitrogen and oxygen atoms in total. The van der Waals surface area contributed by atoms with Crippen molar-refractivity contribution >= 4 is 5.57 Å². The van der Waals surface area contributed by atoms with Gasteiger partial charge >= 0.3 is 0 Å². The SMILES string of the molecule is CCc1cc2c(cc1O)OC(C)(C)C=C2c1ccccc1. The molecule has 0 atom stereocenters. The van der Waals surface area contributed by atoms with Gasteiger partial charge in [-0.25, -0.2) is 0 Å². The zero-order valence-corrected chi connectivity index (χ0v) is 12.7. The predicted octanol–water partition coefficient (Wildman–Crippen LogP) is 4.56. The first kappa shape index (κ1) is 13.7. The van der Waals surface area contributed by atoms with Gasteiger partial charge in [0.2, 0.25) is 0 Å². The molecule has 0 radical (unpaired) electrons. The standard InChI is InChI=1S/C19H20O2/c1-4-13-10-15-16(14-8-6-5-7-9-14)12-19(2,3)21-18(15)11-17(13)20/h5-12,20H,4H2,1-3H3. The number of aromatic hydroxyl groups is 1. The van der Waals surface area contributed by atoms with Crippen molar-refractivity contribution in [1.29, 1.82) is 0 Å². The summed E-state index contributed by atoms with van der Waals surface area (Å²) in [7, 11) is 0. The van der Waals surface area contributed by atoms with E-state index >= 15 is 0 Å². The lowest BCUT2D eigenvalue weighted by Crippen LogP contribution is -2.29. The Morgan fingerprint density at radius 2 is 1.81 bits per heavy atom. The molecule has 2 aromatic carbocycles. The minimum Gasteiger partial charge on any atom is -0.508 e. The van der Waals surface area contributed by atoms with Crippen LogP contribution >= 0.6 is 0 Å². The van der Waals surface area contributed by atoms with Crippen LogP contribution in [0.25, 0.3) is 5.57 Å². The summed E-state index contributed by atoms with van der Waals surface area (Å²) in [5.41, 5.74) is 3.94. The molecule has 1 aliphatic rings. The summed E-state index contributed by atoms with van der Waals surface area (Å²) in [5.74, 6) is 1.05. The molecule has 108 valence electrons. The second-order valence-electron chi connectivity index (χ2n) is 5.96. The van der Waals surface area contributed by atoms with E-state index in [1.54, 1.807) is 6.07 Å². The molecule has 0 saturated heterocycles. The summed E-state index contributed by atoms with van der Waals surface area (Å²) in [5, 5.41) is 10.1. The molecule has 1 aliphatic heterocycles. The second-order valence-corrected chi connectivity index (χ2v) is 5.96. The van der Waals surface area contributed by atoms with Crippen molar-refractivity contribution < 1.29 is 9.84 Å². The maximum atomic E-state index is 10.1. The molecule has 2 aromatic rings. The first-order valence-electron chi connectivity index (χ1n) is 7.34. The molecule has 0 aromatic heterocycles. The molecule has 2 heteroatoms. The van der Waals surface area contributed by atoms with E-state index in [9.17, 15) is 5.11 Å². The number of hydrogen-bond donors (Lipinski definition) is 1. The number of aryl methyl sites for hydroxylation is 1. The minimum absolute atomic E-state index is 0.307. The fourth-order valence-electron chi connectivity index (χ4n) is 2.79. The molecule has 0 bridgehead atoms. The summed E-state index contributed by atoms with van der Waals surface area (Å²) < 4.78 is 6.01. The van der Waals surface area contributed by atoms with Crippen LogP contribution in [0.15, 0.2) is 48.5 Å². The molecular weight excluding hydrogens is 260 g/mol. The minimum atomic E-state index is -0.391. The van der Waals surface area contributed by atoms with E-state index in [4.69, 9.17) is 4.74 Å². The van der Waals surface area contributed by atoms with Gasteiger partial charge in [-0.15, -0.1) is 0 Å². The van der Waals surface area contributed by atoms with Gasteiger partial charge in [0.05, 0.1) is 0 Å². The summed E-state index contributed by atoms with van der Waals surface area (Å²) >= 11 is 0. The molecule has 0 aliphatic carbocycles. The van der Waals surface area contributed by atoms with E-state index in [1.165, 1.54) is 5.56 Å². The average molecular weight is 280 g/mol. The fraction of sp³-hybridized carbons (Fsp3) is 0.263. The van der Waals surface area contributed by atoms with Crippen LogP contribution in [0.4, 0.5) is 0 Å². The monoisotopic (exact) mass is 280 g/mol. The van der Waals surface area contributed by atoms with Crippen LogP contribution < -0.4 is 4.74 Å². The van der Waals surface area contributed by atoms with Crippen LogP contribution in [0.3, 0.4) is 0 Å². The van der Waals surface area contributed by atoms with Crippen molar-refractivity contribution in [3.8, 4) is 11.5 Å². The number of phenolic OH excluding ortho intramolecular Hbond substituents is 1. The summed E-state index contributed by atoms with van der Waals surface area (Å²) in [6.07, 6.45) is 2.95. The van der Waals surface area contributed by atoms with Gasteiger partial charge in [0.15, 0.2) is 0 Å². The summed E-state index contributed by atoms with van der Waals surface area (Å²) in [6, 6.07) is 14.1. The Bertz CT molecular complexity index is 697. The normalized spacial score (nSPS) is 15.9. The molecule has 0 fully saturated rings. The zero-order valence-electron chi connectivity index (χ0n) is 12.7. The summed E-state index contributed by atoms with van der Waals surface area (Å²) in [4.78, 5) is 0. The molecule has 1 heterocycles. The van der Waals surface area contributed by atoms with Crippen molar-refractivity contribution in [2.45, 2.75) is 32.8 Å². The Morgan fingerprint density at radius 1 is 1.10 bits per heavy atom. The molecule has 3 rings (SSSR count). The third-order valence-electron chi connectivity index (χ3n) is 3.80. The van der Waals surface area contributed by atoms with E-state index in [2.05, 4.69) is 18.2 Å². The van der Waals surface area contributed by atoms with Gasteiger partial charge in [-0.05, 0) is 49.1 Å². The summed E-state index contributed by atoms with van der Waals surface area (Å²) in [6.45, 7) is 6.11. The first-order chi connectivity index (χ1) is 10.00. The molecular formula is C19H20O2. The van der Waals surface area contributed by atoms with E-state index < -0.39 is 5.60 Å². The maximum absolute atomic E-state index is 10.1. The van der Waals surface area contributed by atoms with Crippen molar-refractivity contribution in [1.82, 2.24) is 0 Å². The first-order valence-corrected chi connectivity index (χ1v) is 7.34. The average Bonchev–Trinajstić information content (AvgIpc) is 2.46. The van der Waals surface area contributed by atoms with E-state index in [-0.39, 0.29) is 0 Å². The van der Waals surface area contributed by atoms with Gasteiger partial charge in [-0.2, -0.15) is 0 Å². The Kier molecular flexibility index (Phi) is 3.25. The lowest BCUT2D eigenvalue weighted by atomic mass is 9.88. The largest absolute Gasteiger partial charge is 0.508 e. The number of fused-ring (bicyclic) bond motifs is 1. The van der Waals surface area contributed by atoms with Crippen molar-refractivity contribution in [3.05, 3.63) is 65.2 Å². The molecule has 0 spiro atoms. The lowest BCUT2D eigenvalue weighted by molar-refractivity contribution is 0.157. The number of phenols is 1. The van der Waals surface area contributed by atoms with Crippen LogP contribution in [-0.2, 0) is 6.42 Å². The Balaban J connectivity index is 2.22. The maximum Gasteiger partial charge on any atom is 0.132 e. The fourth-order valence-corrected chi connectivity index (χ4v) is 2.79. The topological polar surface area (TPSA) is 29.5 Å². The molecule has 0 saturated carbocycles. The van der Waals surface area contributed by atoms with Crippen molar-refractivity contribution in [3.63, 3.8) is 0 Å². The lowest BCUT2D eigenvalue weighted by Gasteiger charge is -2.32. The van der Waals surface area contributed by atoms with E-state index in [1.807, 2.05) is 45.0 Å². The third-order valence-corrected chi connectivity index (χ3v) is 3.80. The Hall–Kier alpha value is -2.22. The Morgan fingerprint density at radius 3 is 2.48 bits per heavy atom. The van der Waals surface area contributed by atoms with Gasteiger partial charge < -0.3 is 9.84 Å². The molecule has 1 N–H and O–H groups in total.